The Hall–Kier alpha value is -1.67. The summed E-state index contributed by atoms with van der Waals surface area (Å²) in [5.41, 5.74) is -0.410. The molecule has 0 aromatic rings. The second kappa shape index (κ2) is 10.2. The molecule has 0 spiro atoms. The normalized spacial score (nSPS) is 12.7. The number of hydrogen-bond acceptors (Lipinski definition) is 6. The Kier molecular flexibility index (Phi) is 9.53. The van der Waals surface area contributed by atoms with Crippen molar-refractivity contribution in [2.24, 2.45) is 5.41 Å². The van der Waals surface area contributed by atoms with E-state index in [-0.39, 0.29) is 30.9 Å². The molecule has 0 heterocycles. The molecule has 8 heteroatoms. The van der Waals surface area contributed by atoms with E-state index in [1.165, 1.54) is 7.11 Å². The first-order valence-corrected chi connectivity index (χ1v) is 7.97. The molecule has 140 valence electrons. The van der Waals surface area contributed by atoms with Gasteiger partial charge in [-0.1, -0.05) is 20.8 Å². The lowest BCUT2D eigenvalue weighted by atomic mass is 9.85. The molecule has 1 unspecified atom stereocenters. The molecule has 0 rings (SSSR count). The average Bonchev–Trinajstić information content (AvgIpc) is 2.48. The summed E-state index contributed by atoms with van der Waals surface area (Å²) in [5.74, 6) is -0.696. The van der Waals surface area contributed by atoms with Gasteiger partial charge in [0.15, 0.2) is 0 Å². The zero-order valence-electron chi connectivity index (χ0n) is 15.9. The highest BCUT2D eigenvalue weighted by molar-refractivity contribution is 5.88. The Morgan fingerprint density at radius 2 is 1.71 bits per heavy atom. The number of nitrogens with one attached hydrogen (secondary N) is 2. The third-order valence-corrected chi connectivity index (χ3v) is 3.58. The fourth-order valence-electron chi connectivity index (χ4n) is 2.04. The first kappa shape index (κ1) is 22.3. The number of ether oxygens (including phenoxy) is 1. The summed E-state index contributed by atoms with van der Waals surface area (Å²) in [6, 6.07) is -0.616. The Bertz CT molecular complexity index is 434. The number of carbonyl (C=O) groups is 3. The summed E-state index contributed by atoms with van der Waals surface area (Å²) in [5, 5.41) is 5.56. The molecular weight excluding hydrogens is 312 g/mol. The molecule has 0 radical (unpaired) electrons. The predicted octanol–water partition coefficient (Wildman–Crippen LogP) is -0.700. The molecule has 0 aliphatic heterocycles. The van der Waals surface area contributed by atoms with Crippen LogP contribution in [0.1, 0.15) is 20.8 Å². The van der Waals surface area contributed by atoms with Crippen LogP contribution in [0.3, 0.4) is 0 Å². The van der Waals surface area contributed by atoms with Gasteiger partial charge in [0.25, 0.3) is 0 Å². The van der Waals surface area contributed by atoms with E-state index in [0.717, 1.165) is 0 Å². The molecule has 1 atom stereocenters. The van der Waals surface area contributed by atoms with Crippen LogP contribution in [0.25, 0.3) is 0 Å². The average molecular weight is 344 g/mol. The molecule has 0 aliphatic carbocycles. The number of methoxy groups -OCH3 is 1. The number of hydrogen-bond donors (Lipinski definition) is 2. The van der Waals surface area contributed by atoms with Gasteiger partial charge in [-0.05, 0) is 19.5 Å². The Balaban J connectivity index is 4.72. The standard InChI is InChI=1S/C16H32N4O4/c1-16(2,3)14(18-12(21)10-17-4)15(23)20(6)9-8-19(5)11-13(22)24-7/h14,17H,8-11H2,1-7H3,(H,18,21). The topological polar surface area (TPSA) is 91.0 Å². The maximum absolute atomic E-state index is 12.7. The van der Waals surface area contributed by atoms with E-state index in [1.54, 1.807) is 30.9 Å². The quantitative estimate of drug-likeness (QED) is 0.538. The van der Waals surface area contributed by atoms with Crippen LogP contribution in [-0.4, -0.2) is 88.1 Å². The van der Waals surface area contributed by atoms with Crippen molar-refractivity contribution >= 4 is 17.8 Å². The number of carbonyl (C=O) groups excluding carboxylic acids is 3. The molecular formula is C16H32N4O4. The van der Waals surface area contributed by atoms with E-state index in [1.807, 2.05) is 20.8 Å². The second-order valence-corrected chi connectivity index (χ2v) is 6.97. The molecule has 0 saturated heterocycles. The third-order valence-electron chi connectivity index (χ3n) is 3.58. The molecule has 2 N–H and O–H groups in total. The Morgan fingerprint density at radius 1 is 1.12 bits per heavy atom. The largest absolute Gasteiger partial charge is 0.468 e. The van der Waals surface area contributed by atoms with Crippen molar-refractivity contribution in [3.8, 4) is 0 Å². The maximum atomic E-state index is 12.7. The first-order valence-electron chi connectivity index (χ1n) is 7.97. The summed E-state index contributed by atoms with van der Waals surface area (Å²) in [6.45, 7) is 7.02. The summed E-state index contributed by atoms with van der Waals surface area (Å²) >= 11 is 0. The van der Waals surface area contributed by atoms with Gasteiger partial charge in [-0.3, -0.25) is 19.3 Å². The Morgan fingerprint density at radius 3 is 2.17 bits per heavy atom. The molecule has 0 saturated carbocycles. The van der Waals surface area contributed by atoms with E-state index in [9.17, 15) is 14.4 Å². The Labute approximate surface area is 144 Å². The van der Waals surface area contributed by atoms with Crippen LogP contribution < -0.4 is 10.6 Å². The van der Waals surface area contributed by atoms with Crippen molar-refractivity contribution in [2.75, 3.05) is 54.4 Å². The highest BCUT2D eigenvalue weighted by Gasteiger charge is 2.34. The summed E-state index contributed by atoms with van der Waals surface area (Å²) in [6.07, 6.45) is 0. The second-order valence-electron chi connectivity index (χ2n) is 6.97. The number of esters is 1. The first-order chi connectivity index (χ1) is 11.0. The minimum atomic E-state index is -0.616. The van der Waals surface area contributed by atoms with E-state index in [4.69, 9.17) is 0 Å². The highest BCUT2D eigenvalue weighted by atomic mass is 16.5. The number of rotatable bonds is 9. The van der Waals surface area contributed by atoms with Crippen molar-refractivity contribution in [1.29, 1.82) is 0 Å². The van der Waals surface area contributed by atoms with E-state index in [0.29, 0.717) is 13.1 Å². The minimum Gasteiger partial charge on any atom is -0.468 e. The lowest BCUT2D eigenvalue weighted by Crippen LogP contribution is -2.55. The summed E-state index contributed by atoms with van der Waals surface area (Å²) in [7, 11) is 6.49. The van der Waals surface area contributed by atoms with Crippen molar-refractivity contribution in [3.05, 3.63) is 0 Å². The van der Waals surface area contributed by atoms with Crippen molar-refractivity contribution in [2.45, 2.75) is 26.8 Å². The van der Waals surface area contributed by atoms with Gasteiger partial charge in [-0.2, -0.15) is 0 Å². The minimum absolute atomic E-state index is 0.154. The fourth-order valence-corrected chi connectivity index (χ4v) is 2.04. The molecule has 0 aromatic heterocycles. The van der Waals surface area contributed by atoms with Gasteiger partial charge in [0, 0.05) is 20.1 Å². The number of amides is 2. The molecule has 0 aromatic carbocycles. The lowest BCUT2D eigenvalue weighted by Gasteiger charge is -2.34. The van der Waals surface area contributed by atoms with Gasteiger partial charge in [-0.15, -0.1) is 0 Å². The third kappa shape index (κ3) is 8.26. The van der Waals surface area contributed by atoms with Gasteiger partial charge < -0.3 is 20.3 Å². The monoisotopic (exact) mass is 344 g/mol. The molecule has 0 bridgehead atoms. The van der Waals surface area contributed by atoms with Gasteiger partial charge in [0.2, 0.25) is 11.8 Å². The van der Waals surface area contributed by atoms with Gasteiger partial charge in [0.05, 0.1) is 20.2 Å². The predicted molar refractivity (Wildman–Crippen MR) is 92.5 cm³/mol. The van der Waals surface area contributed by atoms with Gasteiger partial charge in [-0.25, -0.2) is 0 Å². The van der Waals surface area contributed by atoms with Crippen LogP contribution in [0, 0.1) is 5.41 Å². The zero-order valence-corrected chi connectivity index (χ0v) is 15.9. The SMILES string of the molecule is CNCC(=O)NC(C(=O)N(C)CCN(C)CC(=O)OC)C(C)(C)C. The van der Waals surface area contributed by atoms with E-state index in [2.05, 4.69) is 15.4 Å². The van der Waals surface area contributed by atoms with Crippen LogP contribution in [-0.2, 0) is 19.1 Å². The van der Waals surface area contributed by atoms with Crippen LogP contribution in [0.2, 0.25) is 0 Å². The smallest absolute Gasteiger partial charge is 0.319 e. The van der Waals surface area contributed by atoms with Crippen LogP contribution in [0.5, 0.6) is 0 Å². The zero-order chi connectivity index (χ0) is 18.9. The molecule has 0 aliphatic rings. The maximum Gasteiger partial charge on any atom is 0.319 e. The van der Waals surface area contributed by atoms with Gasteiger partial charge >= 0.3 is 5.97 Å². The molecule has 24 heavy (non-hydrogen) atoms. The summed E-state index contributed by atoms with van der Waals surface area (Å²) in [4.78, 5) is 39.1. The molecule has 8 nitrogen and oxygen atoms in total. The van der Waals surface area contributed by atoms with Crippen LogP contribution >= 0.6 is 0 Å². The lowest BCUT2D eigenvalue weighted by molar-refractivity contribution is -0.141. The molecule has 2 amide bonds. The van der Waals surface area contributed by atoms with E-state index >= 15 is 0 Å². The molecule has 0 fully saturated rings. The highest BCUT2D eigenvalue weighted by Crippen LogP contribution is 2.20. The van der Waals surface area contributed by atoms with Crippen molar-refractivity contribution in [1.82, 2.24) is 20.4 Å². The fraction of sp³-hybridized carbons (Fsp3) is 0.812. The van der Waals surface area contributed by atoms with Gasteiger partial charge in [0.1, 0.15) is 6.04 Å². The summed E-state index contributed by atoms with van der Waals surface area (Å²) < 4.78 is 4.61. The van der Waals surface area contributed by atoms with Crippen molar-refractivity contribution < 1.29 is 19.1 Å². The van der Waals surface area contributed by atoms with Crippen LogP contribution in [0.15, 0.2) is 0 Å². The van der Waals surface area contributed by atoms with E-state index < -0.39 is 11.5 Å². The van der Waals surface area contributed by atoms with Crippen molar-refractivity contribution in [3.63, 3.8) is 0 Å². The number of nitrogens with zero attached hydrogens (tertiary/aromatic N) is 2. The number of likely N-dealkylation sites (N-methyl/N-ethyl adjacent to an activating group) is 3. The van der Waals surface area contributed by atoms with Crippen LogP contribution in [0.4, 0.5) is 0 Å².